The molecule has 1 aromatic heterocycles. The molecule has 1 aromatic carbocycles. The number of aryl methyl sites for hydroxylation is 1. The molecule has 0 saturated carbocycles. The lowest BCUT2D eigenvalue weighted by atomic mass is 10.2. The minimum absolute atomic E-state index is 0.283. The van der Waals surface area contributed by atoms with Crippen LogP contribution in [0.2, 0.25) is 0 Å². The molecule has 2 aromatic rings. The third-order valence-electron chi connectivity index (χ3n) is 2.70. The molecule has 2 rings (SSSR count). The standard InChI is InChI=1S/C14H18FNO/c1-10(2)16-8-4-6-12-9-11-5-3-7-13(15)14(11)17-12/h3,5,7,9-10,16H,4,6,8H2,1-2H3. The summed E-state index contributed by atoms with van der Waals surface area (Å²) in [6.07, 6.45) is 1.84. The van der Waals surface area contributed by atoms with E-state index in [-0.39, 0.29) is 5.82 Å². The third-order valence-corrected chi connectivity index (χ3v) is 2.70. The van der Waals surface area contributed by atoms with Gasteiger partial charge in [-0.3, -0.25) is 0 Å². The molecule has 0 aliphatic carbocycles. The van der Waals surface area contributed by atoms with E-state index in [0.29, 0.717) is 11.6 Å². The van der Waals surface area contributed by atoms with Gasteiger partial charge in [0.15, 0.2) is 11.4 Å². The maximum atomic E-state index is 13.4. The lowest BCUT2D eigenvalue weighted by molar-refractivity contribution is 0.499. The Morgan fingerprint density at radius 1 is 1.35 bits per heavy atom. The molecule has 0 aliphatic heterocycles. The van der Waals surface area contributed by atoms with Crippen molar-refractivity contribution in [3.05, 3.63) is 35.8 Å². The molecule has 17 heavy (non-hydrogen) atoms. The summed E-state index contributed by atoms with van der Waals surface area (Å²) in [4.78, 5) is 0. The predicted octanol–water partition coefficient (Wildman–Crippen LogP) is 3.50. The molecule has 0 saturated heterocycles. The number of para-hydroxylation sites is 1. The second-order valence-corrected chi connectivity index (χ2v) is 4.58. The van der Waals surface area contributed by atoms with Gasteiger partial charge in [-0.05, 0) is 25.1 Å². The molecular formula is C14H18FNO. The maximum Gasteiger partial charge on any atom is 0.169 e. The Bertz CT molecular complexity index is 490. The van der Waals surface area contributed by atoms with E-state index in [9.17, 15) is 4.39 Å². The van der Waals surface area contributed by atoms with Crippen molar-refractivity contribution in [2.24, 2.45) is 0 Å². The van der Waals surface area contributed by atoms with Crippen molar-refractivity contribution in [3.8, 4) is 0 Å². The molecule has 1 heterocycles. The smallest absolute Gasteiger partial charge is 0.169 e. The van der Waals surface area contributed by atoms with Crippen molar-refractivity contribution in [2.75, 3.05) is 6.54 Å². The van der Waals surface area contributed by atoms with Gasteiger partial charge in [0.05, 0.1) is 0 Å². The van der Waals surface area contributed by atoms with Gasteiger partial charge in [-0.2, -0.15) is 0 Å². The molecule has 0 aliphatic rings. The van der Waals surface area contributed by atoms with E-state index >= 15 is 0 Å². The number of halogens is 1. The maximum absolute atomic E-state index is 13.4. The molecule has 0 amide bonds. The second kappa shape index (κ2) is 5.32. The van der Waals surface area contributed by atoms with E-state index in [1.807, 2.05) is 12.1 Å². The van der Waals surface area contributed by atoms with Crippen molar-refractivity contribution in [1.82, 2.24) is 5.32 Å². The van der Waals surface area contributed by atoms with Crippen molar-refractivity contribution in [1.29, 1.82) is 0 Å². The highest BCUT2D eigenvalue weighted by Crippen LogP contribution is 2.22. The molecule has 92 valence electrons. The van der Waals surface area contributed by atoms with Crippen LogP contribution >= 0.6 is 0 Å². The van der Waals surface area contributed by atoms with Crippen LogP contribution in [0.25, 0.3) is 11.0 Å². The van der Waals surface area contributed by atoms with Gasteiger partial charge < -0.3 is 9.73 Å². The van der Waals surface area contributed by atoms with Crippen LogP contribution in [0.15, 0.2) is 28.7 Å². The van der Waals surface area contributed by atoms with E-state index in [2.05, 4.69) is 19.2 Å². The van der Waals surface area contributed by atoms with Crippen LogP contribution in [0.3, 0.4) is 0 Å². The normalized spacial score (nSPS) is 11.5. The average Bonchev–Trinajstić information content (AvgIpc) is 2.69. The molecule has 0 spiro atoms. The van der Waals surface area contributed by atoms with Crippen molar-refractivity contribution < 1.29 is 8.81 Å². The quantitative estimate of drug-likeness (QED) is 0.802. The summed E-state index contributed by atoms with van der Waals surface area (Å²) < 4.78 is 18.9. The summed E-state index contributed by atoms with van der Waals surface area (Å²) in [5, 5.41) is 4.19. The van der Waals surface area contributed by atoms with Crippen LogP contribution in [-0.4, -0.2) is 12.6 Å². The second-order valence-electron chi connectivity index (χ2n) is 4.58. The topological polar surface area (TPSA) is 25.2 Å². The van der Waals surface area contributed by atoms with Crippen molar-refractivity contribution in [3.63, 3.8) is 0 Å². The number of nitrogens with one attached hydrogen (secondary N) is 1. The van der Waals surface area contributed by atoms with Crippen LogP contribution in [-0.2, 0) is 6.42 Å². The molecule has 3 heteroatoms. The number of hydrogen-bond donors (Lipinski definition) is 1. The zero-order valence-electron chi connectivity index (χ0n) is 10.3. The molecule has 0 bridgehead atoms. The molecule has 1 N–H and O–H groups in total. The molecular weight excluding hydrogens is 217 g/mol. The summed E-state index contributed by atoms with van der Waals surface area (Å²) in [7, 11) is 0. The van der Waals surface area contributed by atoms with E-state index < -0.39 is 0 Å². The van der Waals surface area contributed by atoms with E-state index in [4.69, 9.17) is 4.42 Å². The van der Waals surface area contributed by atoms with Crippen LogP contribution in [0, 0.1) is 5.82 Å². The number of benzene rings is 1. The summed E-state index contributed by atoms with van der Waals surface area (Å²) in [6.45, 7) is 5.20. The zero-order chi connectivity index (χ0) is 12.3. The first kappa shape index (κ1) is 12.1. The monoisotopic (exact) mass is 235 g/mol. The van der Waals surface area contributed by atoms with Gasteiger partial charge in [-0.1, -0.05) is 26.0 Å². The lowest BCUT2D eigenvalue weighted by Crippen LogP contribution is -2.23. The largest absolute Gasteiger partial charge is 0.458 e. The summed E-state index contributed by atoms with van der Waals surface area (Å²) in [5.74, 6) is 0.574. The van der Waals surface area contributed by atoms with Gasteiger partial charge in [0, 0.05) is 17.8 Å². The Kier molecular flexibility index (Phi) is 3.79. The lowest BCUT2D eigenvalue weighted by Gasteiger charge is -2.06. The van der Waals surface area contributed by atoms with Gasteiger partial charge >= 0.3 is 0 Å². The van der Waals surface area contributed by atoms with Gasteiger partial charge in [0.1, 0.15) is 5.76 Å². The van der Waals surface area contributed by atoms with Crippen LogP contribution < -0.4 is 5.32 Å². The minimum Gasteiger partial charge on any atom is -0.458 e. The van der Waals surface area contributed by atoms with Crippen molar-refractivity contribution in [2.45, 2.75) is 32.7 Å². The summed E-state index contributed by atoms with van der Waals surface area (Å²) in [5.41, 5.74) is 0.374. The fourth-order valence-corrected chi connectivity index (χ4v) is 1.86. The Labute approximate surface area is 101 Å². The van der Waals surface area contributed by atoms with Gasteiger partial charge in [-0.25, -0.2) is 4.39 Å². The summed E-state index contributed by atoms with van der Waals surface area (Å²) >= 11 is 0. The highest BCUT2D eigenvalue weighted by Gasteiger charge is 2.07. The highest BCUT2D eigenvalue weighted by molar-refractivity contribution is 5.78. The van der Waals surface area contributed by atoms with E-state index in [0.717, 1.165) is 30.5 Å². The third kappa shape index (κ3) is 3.07. The van der Waals surface area contributed by atoms with Crippen LogP contribution in [0.1, 0.15) is 26.0 Å². The molecule has 0 radical (unpaired) electrons. The Morgan fingerprint density at radius 3 is 2.88 bits per heavy atom. The fraction of sp³-hybridized carbons (Fsp3) is 0.429. The fourth-order valence-electron chi connectivity index (χ4n) is 1.86. The van der Waals surface area contributed by atoms with Gasteiger partial charge in [0.2, 0.25) is 0 Å². The number of fused-ring (bicyclic) bond motifs is 1. The first-order chi connectivity index (χ1) is 8.16. The van der Waals surface area contributed by atoms with E-state index in [1.54, 1.807) is 6.07 Å². The van der Waals surface area contributed by atoms with Gasteiger partial charge in [0.25, 0.3) is 0 Å². The molecule has 2 nitrogen and oxygen atoms in total. The van der Waals surface area contributed by atoms with Crippen LogP contribution in [0.4, 0.5) is 4.39 Å². The Hall–Kier alpha value is -1.35. The Morgan fingerprint density at radius 2 is 2.18 bits per heavy atom. The van der Waals surface area contributed by atoms with Gasteiger partial charge in [-0.15, -0.1) is 0 Å². The first-order valence-electron chi connectivity index (χ1n) is 6.07. The molecule has 0 atom stereocenters. The molecule has 0 unspecified atom stereocenters. The predicted molar refractivity (Wildman–Crippen MR) is 67.6 cm³/mol. The van der Waals surface area contributed by atoms with Crippen LogP contribution in [0.5, 0.6) is 0 Å². The first-order valence-corrected chi connectivity index (χ1v) is 6.07. The summed E-state index contributed by atoms with van der Waals surface area (Å²) in [6, 6.07) is 7.43. The van der Waals surface area contributed by atoms with Crippen molar-refractivity contribution >= 4 is 11.0 Å². The van der Waals surface area contributed by atoms with E-state index in [1.165, 1.54) is 6.07 Å². The Balaban J connectivity index is 1.98. The molecule has 0 fully saturated rings. The SMILES string of the molecule is CC(C)NCCCc1cc2cccc(F)c2o1. The number of rotatable bonds is 5. The zero-order valence-corrected chi connectivity index (χ0v) is 10.3. The number of furan rings is 1. The average molecular weight is 235 g/mol. The number of hydrogen-bond acceptors (Lipinski definition) is 2. The highest BCUT2D eigenvalue weighted by atomic mass is 19.1. The minimum atomic E-state index is -0.283.